The van der Waals surface area contributed by atoms with Crippen LogP contribution in [0.3, 0.4) is 0 Å². The van der Waals surface area contributed by atoms with E-state index in [9.17, 15) is 18.0 Å². The number of hydrogen-bond donors (Lipinski definition) is 2. The second-order valence-corrected chi connectivity index (χ2v) is 10.7. The molecule has 4 rings (SSSR count). The van der Waals surface area contributed by atoms with Gasteiger partial charge in [0.05, 0.1) is 17.6 Å². The van der Waals surface area contributed by atoms with E-state index >= 15 is 0 Å². The highest BCUT2D eigenvalue weighted by atomic mass is 32.2. The summed E-state index contributed by atoms with van der Waals surface area (Å²) in [6.45, 7) is 3.54. The largest absolute Gasteiger partial charge is 0.465 e. The van der Waals surface area contributed by atoms with Gasteiger partial charge in [-0.05, 0) is 74.1 Å². The number of amides is 1. The molecule has 1 aliphatic rings. The fourth-order valence-electron chi connectivity index (χ4n) is 3.94. The van der Waals surface area contributed by atoms with Crippen molar-refractivity contribution in [3.05, 3.63) is 75.2 Å². The number of thiophene rings is 1. The van der Waals surface area contributed by atoms with Crippen LogP contribution < -0.4 is 10.0 Å². The van der Waals surface area contributed by atoms with E-state index in [1.807, 2.05) is 13.0 Å². The van der Waals surface area contributed by atoms with Crippen LogP contribution in [0.4, 0.5) is 10.7 Å². The molecule has 9 heteroatoms. The number of nitrogens with one attached hydrogen (secondary N) is 2. The van der Waals surface area contributed by atoms with Crippen molar-refractivity contribution in [2.45, 2.75) is 38.0 Å². The Bertz CT molecular complexity index is 1360. The van der Waals surface area contributed by atoms with E-state index in [2.05, 4.69) is 10.0 Å². The fraction of sp³-hybridized carbons (Fsp3) is 0.250. The molecule has 2 aromatic carbocycles. The van der Waals surface area contributed by atoms with E-state index in [1.165, 1.54) is 24.5 Å². The van der Waals surface area contributed by atoms with Gasteiger partial charge in [-0.25, -0.2) is 13.2 Å². The van der Waals surface area contributed by atoms with E-state index < -0.39 is 21.9 Å². The maximum Gasteiger partial charge on any atom is 0.341 e. The van der Waals surface area contributed by atoms with E-state index in [0.29, 0.717) is 21.8 Å². The minimum atomic E-state index is -3.91. The Morgan fingerprint density at radius 2 is 1.85 bits per heavy atom. The maximum atomic E-state index is 13.0. The number of hydrogen-bond acceptors (Lipinski definition) is 6. The van der Waals surface area contributed by atoms with Crippen LogP contribution in [0.1, 0.15) is 48.7 Å². The van der Waals surface area contributed by atoms with Crippen LogP contribution in [0.15, 0.2) is 47.4 Å². The van der Waals surface area contributed by atoms with Gasteiger partial charge in [0.1, 0.15) is 5.00 Å². The zero-order valence-corrected chi connectivity index (χ0v) is 20.2. The van der Waals surface area contributed by atoms with E-state index in [4.69, 9.17) is 4.74 Å². The van der Waals surface area contributed by atoms with Gasteiger partial charge in [0.15, 0.2) is 0 Å². The topological polar surface area (TPSA) is 102 Å². The van der Waals surface area contributed by atoms with Crippen molar-refractivity contribution in [1.82, 2.24) is 0 Å². The zero-order valence-electron chi connectivity index (χ0n) is 18.5. The number of sulfonamides is 1. The third-order valence-electron chi connectivity index (χ3n) is 5.55. The average molecular weight is 485 g/mol. The van der Waals surface area contributed by atoms with Crippen LogP contribution in [-0.4, -0.2) is 27.4 Å². The maximum absolute atomic E-state index is 13.0. The molecule has 1 heterocycles. The molecule has 1 aromatic heterocycles. The van der Waals surface area contributed by atoms with Gasteiger partial charge in [-0.15, -0.1) is 11.3 Å². The van der Waals surface area contributed by atoms with Crippen molar-refractivity contribution in [2.75, 3.05) is 17.1 Å². The summed E-state index contributed by atoms with van der Waals surface area (Å²) < 4.78 is 33.6. The summed E-state index contributed by atoms with van der Waals surface area (Å²) in [7, 11) is -2.60. The second-order valence-electron chi connectivity index (χ2n) is 7.96. The lowest BCUT2D eigenvalue weighted by molar-refractivity contribution is 0.0601. The molecule has 2 N–H and O–H groups in total. The highest BCUT2D eigenvalue weighted by Gasteiger charge is 2.28. The summed E-state index contributed by atoms with van der Waals surface area (Å²) in [6, 6.07) is 11.5. The normalized spacial score (nSPS) is 12.8. The Kier molecular flexibility index (Phi) is 6.27. The number of ether oxygens (including phenoxy) is 1. The Hall–Kier alpha value is -3.17. The molecular weight excluding hydrogens is 460 g/mol. The van der Waals surface area contributed by atoms with Crippen molar-refractivity contribution < 1.29 is 22.7 Å². The number of benzene rings is 2. The summed E-state index contributed by atoms with van der Waals surface area (Å²) in [5, 5.41) is 3.22. The summed E-state index contributed by atoms with van der Waals surface area (Å²) in [5.41, 5.74) is 3.37. The molecule has 1 aliphatic carbocycles. The fourth-order valence-corrected chi connectivity index (χ4v) is 6.53. The van der Waals surface area contributed by atoms with Crippen molar-refractivity contribution in [2.24, 2.45) is 0 Å². The van der Waals surface area contributed by atoms with Gasteiger partial charge in [-0.3, -0.25) is 9.52 Å². The number of methoxy groups -OCH3 is 1. The summed E-state index contributed by atoms with van der Waals surface area (Å²) in [5.74, 6) is -0.980. The number of fused-ring (bicyclic) bond motifs is 1. The first-order valence-corrected chi connectivity index (χ1v) is 12.7. The van der Waals surface area contributed by atoms with Crippen LogP contribution in [0.25, 0.3) is 0 Å². The molecule has 0 fully saturated rings. The third-order valence-corrected chi connectivity index (χ3v) is 8.28. The van der Waals surface area contributed by atoms with Crippen LogP contribution in [0.2, 0.25) is 0 Å². The van der Waals surface area contributed by atoms with Gasteiger partial charge >= 0.3 is 5.97 Å². The lowest BCUT2D eigenvalue weighted by Crippen LogP contribution is -2.18. The van der Waals surface area contributed by atoms with Gasteiger partial charge in [0, 0.05) is 16.1 Å². The number of carbonyl (C=O) groups is 2. The first kappa shape index (κ1) is 23.0. The number of esters is 1. The molecule has 172 valence electrons. The van der Waals surface area contributed by atoms with Gasteiger partial charge in [-0.2, -0.15) is 0 Å². The smallest absolute Gasteiger partial charge is 0.341 e. The average Bonchev–Trinajstić information content (AvgIpc) is 3.34. The molecule has 0 aliphatic heterocycles. The van der Waals surface area contributed by atoms with Crippen LogP contribution >= 0.6 is 11.3 Å². The van der Waals surface area contributed by atoms with Crippen LogP contribution in [0, 0.1) is 13.8 Å². The molecule has 0 unspecified atom stereocenters. The molecule has 0 bridgehead atoms. The van der Waals surface area contributed by atoms with Gasteiger partial charge in [0.25, 0.3) is 15.9 Å². The first-order chi connectivity index (χ1) is 15.7. The highest BCUT2D eigenvalue weighted by Crippen LogP contribution is 2.39. The molecule has 0 saturated heterocycles. The summed E-state index contributed by atoms with van der Waals surface area (Å²) in [4.78, 5) is 26.5. The predicted octanol–water partition coefficient (Wildman–Crippen LogP) is 4.69. The predicted molar refractivity (Wildman–Crippen MR) is 129 cm³/mol. The molecule has 7 nitrogen and oxygen atoms in total. The van der Waals surface area contributed by atoms with Crippen molar-refractivity contribution in [3.8, 4) is 0 Å². The third kappa shape index (κ3) is 4.65. The highest BCUT2D eigenvalue weighted by molar-refractivity contribution is 7.92. The lowest BCUT2D eigenvalue weighted by Gasteiger charge is -2.13. The first-order valence-electron chi connectivity index (χ1n) is 10.4. The number of rotatable bonds is 6. The molecule has 0 saturated carbocycles. The monoisotopic (exact) mass is 484 g/mol. The van der Waals surface area contributed by atoms with E-state index in [0.717, 1.165) is 35.3 Å². The van der Waals surface area contributed by atoms with Crippen molar-refractivity contribution in [1.29, 1.82) is 0 Å². The number of carbonyl (C=O) groups excluding carboxylic acids is 2. The van der Waals surface area contributed by atoms with E-state index in [-0.39, 0.29) is 10.5 Å². The number of anilines is 2. The van der Waals surface area contributed by atoms with Crippen LogP contribution in [0.5, 0.6) is 0 Å². The van der Waals surface area contributed by atoms with Gasteiger partial charge in [0.2, 0.25) is 0 Å². The Morgan fingerprint density at radius 3 is 2.58 bits per heavy atom. The minimum Gasteiger partial charge on any atom is -0.465 e. The SMILES string of the molecule is COC(=O)c1c(NC(=O)c2ccc(C)c(S(=O)(=O)Nc3cccc(C)c3)c2)sc2c1CCC2. The Labute approximate surface area is 196 Å². The summed E-state index contributed by atoms with van der Waals surface area (Å²) in [6.07, 6.45) is 2.59. The standard InChI is InChI=1S/C24H24N2O5S2/c1-14-6-4-7-17(12-14)26-33(29,30)20-13-16(11-10-15(20)2)22(27)25-23-21(24(28)31-3)18-8-5-9-19(18)32-23/h4,6-7,10-13,26H,5,8-9H2,1-3H3,(H,25,27). The van der Waals surface area contributed by atoms with Crippen LogP contribution in [-0.2, 0) is 27.6 Å². The molecule has 0 atom stereocenters. The van der Waals surface area contributed by atoms with Crippen molar-refractivity contribution >= 4 is 43.9 Å². The molecule has 3 aromatic rings. The second kappa shape index (κ2) is 8.99. The Morgan fingerprint density at radius 1 is 1.06 bits per heavy atom. The van der Waals surface area contributed by atoms with Crippen molar-refractivity contribution in [3.63, 3.8) is 0 Å². The molecule has 0 radical (unpaired) electrons. The van der Waals surface area contributed by atoms with Gasteiger partial charge in [-0.1, -0.05) is 18.2 Å². The summed E-state index contributed by atoms with van der Waals surface area (Å²) >= 11 is 1.37. The molecule has 0 spiro atoms. The minimum absolute atomic E-state index is 0.0125. The molecular formula is C24H24N2O5S2. The lowest BCUT2D eigenvalue weighted by atomic mass is 10.1. The Balaban J connectivity index is 1.63. The van der Waals surface area contributed by atoms with E-state index in [1.54, 1.807) is 37.3 Å². The zero-order chi connectivity index (χ0) is 23.8. The quantitative estimate of drug-likeness (QED) is 0.494. The number of aryl methyl sites for hydroxylation is 3. The molecule has 33 heavy (non-hydrogen) atoms. The molecule has 1 amide bonds. The van der Waals surface area contributed by atoms with Gasteiger partial charge < -0.3 is 10.1 Å².